The first-order chi connectivity index (χ1) is 11.6. The third-order valence-electron chi connectivity index (χ3n) is 4.62. The average Bonchev–Trinajstić information content (AvgIpc) is 2.62. The fourth-order valence-corrected chi connectivity index (χ4v) is 3.06. The molecule has 2 rings (SSSR count). The van der Waals surface area contributed by atoms with E-state index < -0.39 is 0 Å². The van der Waals surface area contributed by atoms with Gasteiger partial charge < -0.3 is 20.7 Å². The predicted molar refractivity (Wildman–Crippen MR) is 104 cm³/mol. The summed E-state index contributed by atoms with van der Waals surface area (Å²) in [5.41, 5.74) is 7.46. The molecule has 7 heteroatoms. The van der Waals surface area contributed by atoms with Crippen molar-refractivity contribution in [2.45, 2.75) is 25.7 Å². The maximum Gasteiger partial charge on any atom is 0.306 e. The second kappa shape index (κ2) is 10.9. The van der Waals surface area contributed by atoms with Gasteiger partial charge in [-0.25, -0.2) is 0 Å². The molecule has 0 bridgehead atoms. The van der Waals surface area contributed by atoms with E-state index in [9.17, 15) is 4.79 Å². The smallest absolute Gasteiger partial charge is 0.306 e. The molecule has 25 heavy (non-hydrogen) atoms. The number of piperidine rings is 1. The van der Waals surface area contributed by atoms with Crippen LogP contribution in [0, 0.1) is 11.3 Å². The number of ether oxygens (including phenoxy) is 1. The Morgan fingerprint density at radius 2 is 1.92 bits per heavy atom. The topological polar surface area (TPSA) is 91.4 Å². The number of nitrogen functional groups attached to an aromatic ring is 1. The highest BCUT2D eigenvalue weighted by molar-refractivity contribution is 5.95. The van der Waals surface area contributed by atoms with E-state index in [1.165, 1.54) is 25.6 Å². The van der Waals surface area contributed by atoms with E-state index in [1.54, 1.807) is 0 Å². The average molecular weight is 369 g/mol. The van der Waals surface area contributed by atoms with Crippen molar-refractivity contribution < 1.29 is 9.53 Å². The minimum atomic E-state index is -0.161. The number of halogens is 1. The van der Waals surface area contributed by atoms with Crippen molar-refractivity contribution in [3.63, 3.8) is 0 Å². The third-order valence-corrected chi connectivity index (χ3v) is 4.62. The van der Waals surface area contributed by atoms with Crippen LogP contribution in [0.25, 0.3) is 0 Å². The lowest BCUT2D eigenvalue weighted by molar-refractivity contribution is -0.140. The van der Waals surface area contributed by atoms with Crippen LogP contribution in [-0.2, 0) is 9.53 Å². The lowest BCUT2D eigenvalue weighted by atomic mass is 9.93. The van der Waals surface area contributed by atoms with Crippen molar-refractivity contribution in [1.29, 1.82) is 5.41 Å². The monoisotopic (exact) mass is 368 g/mol. The summed E-state index contributed by atoms with van der Waals surface area (Å²) in [6.07, 6.45) is 3.96. The number of nitrogens with zero attached hydrogens (tertiary/aromatic N) is 1. The maximum absolute atomic E-state index is 11.0. The molecule has 1 aliphatic rings. The highest BCUT2D eigenvalue weighted by atomic mass is 35.5. The van der Waals surface area contributed by atoms with Gasteiger partial charge in [-0.05, 0) is 56.0 Å². The number of methoxy groups -OCH3 is 1. The molecule has 1 aromatic rings. The van der Waals surface area contributed by atoms with Crippen molar-refractivity contribution in [3.8, 4) is 0 Å². The molecule has 0 amide bonds. The van der Waals surface area contributed by atoms with Crippen molar-refractivity contribution >= 4 is 29.9 Å². The fourth-order valence-electron chi connectivity index (χ4n) is 3.06. The standard InChI is InChI=1S/C18H28N4O2.ClH/c1-24-17(23)7-11-21-10-6-14-8-12-22(13-9-14)16-4-2-15(3-5-16)18(19)20;/h2-5,14,21H,6-13H2,1H3,(H3,19,20);1H. The van der Waals surface area contributed by atoms with Crippen LogP contribution in [0.2, 0.25) is 0 Å². The Hall–Kier alpha value is -1.79. The van der Waals surface area contributed by atoms with Crippen LogP contribution in [-0.4, -0.2) is 45.1 Å². The number of carbonyl (C=O) groups is 1. The second-order valence-electron chi connectivity index (χ2n) is 6.26. The second-order valence-corrected chi connectivity index (χ2v) is 6.26. The number of carbonyl (C=O) groups excluding carboxylic acids is 1. The van der Waals surface area contributed by atoms with Crippen molar-refractivity contribution in [1.82, 2.24) is 5.32 Å². The molecule has 0 aliphatic carbocycles. The Morgan fingerprint density at radius 1 is 1.28 bits per heavy atom. The van der Waals surface area contributed by atoms with Crippen LogP contribution in [0.3, 0.4) is 0 Å². The summed E-state index contributed by atoms with van der Waals surface area (Å²) >= 11 is 0. The highest BCUT2D eigenvalue weighted by Crippen LogP contribution is 2.25. The molecule has 0 unspecified atom stereocenters. The molecule has 0 aromatic heterocycles. The zero-order chi connectivity index (χ0) is 17.4. The van der Waals surface area contributed by atoms with Gasteiger partial charge in [0.15, 0.2) is 0 Å². The summed E-state index contributed by atoms with van der Waals surface area (Å²) in [5, 5.41) is 10.7. The zero-order valence-electron chi connectivity index (χ0n) is 14.8. The van der Waals surface area contributed by atoms with E-state index in [0.717, 1.165) is 37.5 Å². The summed E-state index contributed by atoms with van der Waals surface area (Å²) in [7, 11) is 1.42. The number of nitrogens with one attached hydrogen (secondary N) is 2. The van der Waals surface area contributed by atoms with E-state index in [4.69, 9.17) is 11.1 Å². The summed E-state index contributed by atoms with van der Waals surface area (Å²) < 4.78 is 4.62. The maximum atomic E-state index is 11.0. The van der Waals surface area contributed by atoms with Gasteiger partial charge in [0.05, 0.1) is 13.5 Å². The van der Waals surface area contributed by atoms with Gasteiger partial charge in [-0.15, -0.1) is 12.4 Å². The first-order valence-electron chi connectivity index (χ1n) is 8.57. The molecule has 6 nitrogen and oxygen atoms in total. The fraction of sp³-hybridized carbons (Fsp3) is 0.556. The normalized spacial score (nSPS) is 14.7. The summed E-state index contributed by atoms with van der Waals surface area (Å²) in [5.74, 6) is 0.690. The molecule has 1 heterocycles. The number of esters is 1. The lowest BCUT2D eigenvalue weighted by Crippen LogP contribution is -2.34. The number of rotatable bonds is 8. The zero-order valence-corrected chi connectivity index (χ0v) is 15.6. The largest absolute Gasteiger partial charge is 0.469 e. The van der Waals surface area contributed by atoms with Gasteiger partial charge in [-0.2, -0.15) is 0 Å². The SMILES string of the molecule is COC(=O)CCNCCC1CCN(c2ccc(C(=N)N)cc2)CC1.Cl. The first-order valence-corrected chi connectivity index (χ1v) is 8.57. The Morgan fingerprint density at radius 3 is 2.48 bits per heavy atom. The van der Waals surface area contributed by atoms with Crippen LogP contribution in [0.5, 0.6) is 0 Å². The molecule has 0 radical (unpaired) electrons. The van der Waals surface area contributed by atoms with Gasteiger partial charge >= 0.3 is 5.97 Å². The summed E-state index contributed by atoms with van der Waals surface area (Å²) in [6.45, 7) is 3.77. The van der Waals surface area contributed by atoms with Crippen LogP contribution in [0.15, 0.2) is 24.3 Å². The number of hydrogen-bond acceptors (Lipinski definition) is 5. The van der Waals surface area contributed by atoms with Crippen molar-refractivity contribution in [3.05, 3.63) is 29.8 Å². The highest BCUT2D eigenvalue weighted by Gasteiger charge is 2.19. The molecular formula is C18H29ClN4O2. The molecule has 140 valence electrons. The van der Waals surface area contributed by atoms with Crippen molar-refractivity contribution in [2.75, 3.05) is 38.2 Å². The number of anilines is 1. The molecular weight excluding hydrogens is 340 g/mol. The molecule has 1 saturated heterocycles. The number of nitrogens with two attached hydrogens (primary N) is 1. The summed E-state index contributed by atoms with van der Waals surface area (Å²) in [6, 6.07) is 7.92. The quantitative estimate of drug-likeness (QED) is 0.283. The van der Waals surface area contributed by atoms with Gasteiger partial charge in [-0.3, -0.25) is 10.2 Å². The van der Waals surface area contributed by atoms with Gasteiger partial charge in [0, 0.05) is 30.9 Å². The van der Waals surface area contributed by atoms with Crippen molar-refractivity contribution in [2.24, 2.45) is 11.7 Å². The minimum absolute atomic E-state index is 0. The number of hydrogen-bond donors (Lipinski definition) is 3. The molecule has 1 fully saturated rings. The molecule has 0 saturated carbocycles. The van der Waals surface area contributed by atoms with E-state index in [0.29, 0.717) is 13.0 Å². The molecule has 0 atom stereocenters. The van der Waals surface area contributed by atoms with Crippen LogP contribution >= 0.6 is 12.4 Å². The van der Waals surface area contributed by atoms with E-state index in [-0.39, 0.29) is 24.2 Å². The van der Waals surface area contributed by atoms with Gasteiger partial charge in [0.2, 0.25) is 0 Å². The Bertz CT molecular complexity index is 543. The molecule has 0 spiro atoms. The minimum Gasteiger partial charge on any atom is -0.469 e. The van der Waals surface area contributed by atoms with Crippen LogP contribution in [0.1, 0.15) is 31.2 Å². The first kappa shape index (κ1) is 21.3. The molecule has 1 aromatic carbocycles. The van der Waals surface area contributed by atoms with Gasteiger partial charge in [0.25, 0.3) is 0 Å². The van der Waals surface area contributed by atoms with Crippen LogP contribution < -0.4 is 16.0 Å². The molecule has 1 aliphatic heterocycles. The number of amidine groups is 1. The van der Waals surface area contributed by atoms with Crippen LogP contribution in [0.4, 0.5) is 5.69 Å². The Kier molecular flexibility index (Phi) is 9.31. The van der Waals surface area contributed by atoms with E-state index >= 15 is 0 Å². The lowest BCUT2D eigenvalue weighted by Gasteiger charge is -2.33. The Balaban J connectivity index is 0.00000312. The van der Waals surface area contributed by atoms with E-state index in [2.05, 4.69) is 15.0 Å². The third kappa shape index (κ3) is 6.92. The van der Waals surface area contributed by atoms with E-state index in [1.807, 2.05) is 24.3 Å². The van der Waals surface area contributed by atoms with Gasteiger partial charge in [-0.1, -0.05) is 0 Å². The summed E-state index contributed by atoms with van der Waals surface area (Å²) in [4.78, 5) is 13.4. The number of benzene rings is 1. The molecule has 4 N–H and O–H groups in total. The predicted octanol–water partition coefficient (Wildman–Crippen LogP) is 2.15. The Labute approximate surface area is 156 Å². The van der Waals surface area contributed by atoms with Gasteiger partial charge in [0.1, 0.15) is 5.84 Å².